The van der Waals surface area contributed by atoms with Crippen molar-refractivity contribution in [3.05, 3.63) is 35.4 Å². The number of piperidine rings is 1. The molecule has 0 amide bonds. The van der Waals surface area contributed by atoms with Gasteiger partial charge in [-0.2, -0.15) is 0 Å². The normalized spacial score (nSPS) is 45.8. The van der Waals surface area contributed by atoms with Crippen LogP contribution in [0.5, 0.6) is 11.5 Å². The molecule has 172 valence electrons. The van der Waals surface area contributed by atoms with Gasteiger partial charge in [0.2, 0.25) is 0 Å². The number of ether oxygens (including phenoxy) is 3. The quantitative estimate of drug-likeness (QED) is 0.310. The summed E-state index contributed by atoms with van der Waals surface area (Å²) in [4.78, 5) is 11.4. The zero-order chi connectivity index (χ0) is 22.4. The maximum Gasteiger partial charge on any atom is 0.335 e. The monoisotopic (exact) mass is 447 g/mol. The van der Waals surface area contributed by atoms with Crippen LogP contribution < -0.4 is 10.1 Å². The van der Waals surface area contributed by atoms with Gasteiger partial charge in [-0.15, -0.1) is 0 Å². The number of nitrogens with one attached hydrogen (secondary N) is 1. The van der Waals surface area contributed by atoms with E-state index >= 15 is 0 Å². The first-order chi connectivity index (χ1) is 15.3. The van der Waals surface area contributed by atoms with E-state index in [-0.39, 0.29) is 17.7 Å². The van der Waals surface area contributed by atoms with E-state index in [1.165, 1.54) is 0 Å². The topological polar surface area (TPSA) is 158 Å². The number of rotatable bonds is 3. The molecule has 6 rings (SSSR count). The van der Waals surface area contributed by atoms with Gasteiger partial charge in [0.1, 0.15) is 30.5 Å². The van der Waals surface area contributed by atoms with Crippen molar-refractivity contribution in [3.8, 4) is 11.5 Å². The Bertz CT molecular complexity index is 998. The van der Waals surface area contributed by atoms with Gasteiger partial charge in [0, 0.05) is 22.9 Å². The second-order valence-corrected chi connectivity index (χ2v) is 9.29. The van der Waals surface area contributed by atoms with Crippen molar-refractivity contribution >= 4 is 5.97 Å². The standard InChI is InChI=1S/C22H25NO9/c24-11-3-1-8-7-10-9-2-4-12(19-22(9,5-6-23-10)13(8)17(11)31-19)30-21-16(27)14(25)15(26)18(32-21)20(28)29/h1-4,9-10,12,14-16,18-19,21,23-27H,5-7H2,(H,28,29)/t9-,10+,12-,14-,15-,16+,18-,19+,21+,22-/m0/s1. The molecule has 1 aromatic rings. The first-order valence-corrected chi connectivity index (χ1v) is 10.8. The molecular weight excluding hydrogens is 422 g/mol. The van der Waals surface area contributed by atoms with E-state index in [4.69, 9.17) is 14.2 Å². The number of aliphatic hydroxyl groups excluding tert-OH is 3. The van der Waals surface area contributed by atoms with Gasteiger partial charge in [-0.25, -0.2) is 4.79 Å². The summed E-state index contributed by atoms with van der Waals surface area (Å²) >= 11 is 0. The van der Waals surface area contributed by atoms with Gasteiger partial charge in [0.25, 0.3) is 0 Å². The summed E-state index contributed by atoms with van der Waals surface area (Å²) in [5.41, 5.74) is 1.66. The number of hydrogen-bond donors (Lipinski definition) is 6. The number of carbonyl (C=O) groups is 1. The molecule has 2 saturated heterocycles. The highest BCUT2D eigenvalue weighted by atomic mass is 16.7. The Morgan fingerprint density at radius 1 is 1.16 bits per heavy atom. The third kappa shape index (κ3) is 2.53. The minimum Gasteiger partial charge on any atom is -0.504 e. The molecule has 2 fully saturated rings. The fourth-order valence-corrected chi connectivity index (χ4v) is 6.40. The summed E-state index contributed by atoms with van der Waals surface area (Å²) in [6.45, 7) is 0.769. The molecule has 5 aliphatic rings. The van der Waals surface area contributed by atoms with E-state index in [2.05, 4.69) is 11.4 Å². The molecule has 0 aromatic heterocycles. The number of carboxylic acids is 1. The minimum absolute atomic E-state index is 0.0560. The van der Waals surface area contributed by atoms with E-state index in [9.17, 15) is 30.3 Å². The van der Waals surface area contributed by atoms with Crippen LogP contribution in [0.25, 0.3) is 0 Å². The lowest BCUT2D eigenvalue weighted by molar-refractivity contribution is -0.307. The number of phenolic OH excluding ortho intramolecular Hbond substituents is 1. The zero-order valence-corrected chi connectivity index (χ0v) is 17.0. The van der Waals surface area contributed by atoms with E-state index in [0.29, 0.717) is 5.75 Å². The number of carboxylic acid groups (broad SMARTS) is 1. The van der Waals surface area contributed by atoms with Crippen LogP contribution >= 0.6 is 0 Å². The summed E-state index contributed by atoms with van der Waals surface area (Å²) in [6, 6.07) is 3.76. The van der Waals surface area contributed by atoms with Crippen LogP contribution in [0.4, 0.5) is 0 Å². The third-order valence-electron chi connectivity index (χ3n) is 7.77. The summed E-state index contributed by atoms with van der Waals surface area (Å²) in [5.74, 6) is -0.852. The number of aliphatic hydroxyl groups is 3. The largest absolute Gasteiger partial charge is 0.504 e. The maximum absolute atomic E-state index is 11.4. The molecule has 3 heterocycles. The Morgan fingerprint density at radius 3 is 2.75 bits per heavy atom. The molecule has 10 nitrogen and oxygen atoms in total. The van der Waals surface area contributed by atoms with E-state index in [0.717, 1.165) is 30.5 Å². The van der Waals surface area contributed by atoms with E-state index in [1.807, 2.05) is 12.1 Å². The molecule has 1 spiro atoms. The first kappa shape index (κ1) is 20.4. The number of phenols is 1. The number of hydrogen-bond acceptors (Lipinski definition) is 9. The Morgan fingerprint density at radius 2 is 1.97 bits per heavy atom. The Balaban J connectivity index is 1.37. The molecule has 0 radical (unpaired) electrons. The van der Waals surface area contributed by atoms with Crippen molar-refractivity contribution < 1.29 is 44.5 Å². The zero-order valence-electron chi connectivity index (χ0n) is 17.0. The summed E-state index contributed by atoms with van der Waals surface area (Å²) in [6.07, 6.45) is -4.26. The molecule has 10 heteroatoms. The van der Waals surface area contributed by atoms with Gasteiger partial charge in [0.15, 0.2) is 23.9 Å². The Hall–Kier alpha value is -2.21. The molecule has 32 heavy (non-hydrogen) atoms. The van der Waals surface area contributed by atoms with Gasteiger partial charge in [-0.1, -0.05) is 18.2 Å². The van der Waals surface area contributed by atoms with Gasteiger partial charge < -0.3 is 45.1 Å². The highest BCUT2D eigenvalue weighted by molar-refractivity contribution is 5.73. The molecular formula is C22H25NO9. The lowest BCUT2D eigenvalue weighted by Gasteiger charge is -2.54. The highest BCUT2D eigenvalue weighted by Crippen LogP contribution is 2.61. The molecule has 3 aliphatic heterocycles. The molecule has 2 aliphatic carbocycles. The van der Waals surface area contributed by atoms with Gasteiger partial charge in [-0.05, 0) is 31.0 Å². The molecule has 2 bridgehead atoms. The Kier molecular flexibility index (Phi) is 4.40. The lowest BCUT2D eigenvalue weighted by Crippen LogP contribution is -2.66. The third-order valence-corrected chi connectivity index (χ3v) is 7.77. The van der Waals surface area contributed by atoms with Gasteiger partial charge in [-0.3, -0.25) is 0 Å². The SMILES string of the molecule is O=C(O)[C@H]1O[C@@H](O[C@H]2C=C[C@H]3[C@H]4Cc5ccc(O)c6c5[C@@]3(CCN4)[C@@H]2O6)[C@H](O)[C@@H](O)[C@@H]1O. The molecule has 0 unspecified atom stereocenters. The van der Waals surface area contributed by atoms with Crippen LogP contribution in [0, 0.1) is 5.92 Å². The van der Waals surface area contributed by atoms with Crippen molar-refractivity contribution in [1.29, 1.82) is 0 Å². The number of aromatic hydroxyl groups is 1. The molecule has 0 saturated carbocycles. The molecule has 10 atom stereocenters. The van der Waals surface area contributed by atoms with Crippen molar-refractivity contribution in [1.82, 2.24) is 5.32 Å². The van der Waals surface area contributed by atoms with Gasteiger partial charge >= 0.3 is 5.97 Å². The second-order valence-electron chi connectivity index (χ2n) is 9.29. The fourth-order valence-electron chi connectivity index (χ4n) is 6.40. The van der Waals surface area contributed by atoms with Crippen LogP contribution in [0.2, 0.25) is 0 Å². The van der Waals surface area contributed by atoms with E-state index in [1.54, 1.807) is 6.07 Å². The fraction of sp³-hybridized carbons (Fsp3) is 0.591. The molecule has 1 aromatic carbocycles. The second kappa shape index (κ2) is 6.89. The number of benzene rings is 1. The average Bonchev–Trinajstić information content (AvgIpc) is 3.11. The lowest BCUT2D eigenvalue weighted by atomic mass is 9.53. The van der Waals surface area contributed by atoms with Crippen molar-refractivity contribution in [2.75, 3.05) is 6.54 Å². The van der Waals surface area contributed by atoms with Crippen LogP contribution in [0.1, 0.15) is 17.5 Å². The van der Waals surface area contributed by atoms with Crippen molar-refractivity contribution in [3.63, 3.8) is 0 Å². The minimum atomic E-state index is -1.79. The van der Waals surface area contributed by atoms with Crippen LogP contribution in [-0.4, -0.2) is 87.0 Å². The smallest absolute Gasteiger partial charge is 0.335 e. The predicted octanol–water partition coefficient (Wildman–Crippen LogP) is -1.23. The van der Waals surface area contributed by atoms with Gasteiger partial charge in [0.05, 0.1) is 0 Å². The molecule has 6 N–H and O–H groups in total. The number of aliphatic carboxylic acids is 1. The van der Waals surface area contributed by atoms with Crippen molar-refractivity contribution in [2.45, 2.75) is 67.2 Å². The Labute approximate surface area is 183 Å². The average molecular weight is 447 g/mol. The summed E-state index contributed by atoms with van der Waals surface area (Å²) < 4.78 is 17.6. The van der Waals surface area contributed by atoms with Crippen molar-refractivity contribution in [2.24, 2.45) is 5.92 Å². The predicted molar refractivity (Wildman–Crippen MR) is 106 cm³/mol. The first-order valence-electron chi connectivity index (χ1n) is 10.8. The summed E-state index contributed by atoms with van der Waals surface area (Å²) in [5, 5.41) is 53.9. The van der Waals surface area contributed by atoms with Crippen LogP contribution in [-0.2, 0) is 26.1 Å². The maximum atomic E-state index is 11.4. The van der Waals surface area contributed by atoms with Crippen LogP contribution in [0.3, 0.4) is 0 Å². The summed E-state index contributed by atoms with van der Waals surface area (Å²) in [7, 11) is 0. The highest BCUT2D eigenvalue weighted by Gasteiger charge is 2.64. The van der Waals surface area contributed by atoms with Crippen LogP contribution in [0.15, 0.2) is 24.3 Å². The van der Waals surface area contributed by atoms with E-state index < -0.39 is 54.3 Å².